The van der Waals surface area contributed by atoms with Crippen LogP contribution in [0.3, 0.4) is 0 Å². The van der Waals surface area contributed by atoms with E-state index in [9.17, 15) is 0 Å². The second-order valence-corrected chi connectivity index (χ2v) is 5.59. The van der Waals surface area contributed by atoms with Gasteiger partial charge in [-0.25, -0.2) is 0 Å². The van der Waals surface area contributed by atoms with E-state index in [1.54, 1.807) is 14.2 Å². The van der Waals surface area contributed by atoms with Crippen molar-refractivity contribution in [2.45, 2.75) is 32.2 Å². The van der Waals surface area contributed by atoms with Gasteiger partial charge in [0.1, 0.15) is 0 Å². The predicted molar refractivity (Wildman–Crippen MR) is 86.3 cm³/mol. The molecule has 1 saturated heterocycles. The number of rotatable bonds is 7. The summed E-state index contributed by atoms with van der Waals surface area (Å²) in [6.45, 7) is 6.62. The van der Waals surface area contributed by atoms with Gasteiger partial charge in [0.25, 0.3) is 0 Å². The standard InChI is InChI=1S/C17H28N2O2/c1-4-18-15(13-19-10-6-5-7-11-19)14-8-9-16(20-2)17(12-14)21-3/h8-9,12,15,18H,4-7,10-11,13H2,1-3H3. The molecule has 4 heteroatoms. The minimum absolute atomic E-state index is 0.341. The number of likely N-dealkylation sites (tertiary alicyclic amines) is 1. The number of nitrogens with one attached hydrogen (secondary N) is 1. The molecule has 1 fully saturated rings. The largest absolute Gasteiger partial charge is 0.493 e. The first-order chi connectivity index (χ1) is 10.3. The molecule has 0 aliphatic carbocycles. The summed E-state index contributed by atoms with van der Waals surface area (Å²) in [4.78, 5) is 2.56. The average Bonchev–Trinajstić information content (AvgIpc) is 2.54. The van der Waals surface area contributed by atoms with Crippen molar-refractivity contribution in [1.29, 1.82) is 0 Å². The fourth-order valence-corrected chi connectivity index (χ4v) is 3.00. The van der Waals surface area contributed by atoms with Crippen LogP contribution in [0.2, 0.25) is 0 Å². The number of likely N-dealkylation sites (N-methyl/N-ethyl adjacent to an activating group) is 1. The fourth-order valence-electron chi connectivity index (χ4n) is 3.00. The van der Waals surface area contributed by atoms with E-state index < -0.39 is 0 Å². The highest BCUT2D eigenvalue weighted by molar-refractivity contribution is 5.43. The molecule has 0 saturated carbocycles. The Kier molecular flexibility index (Phi) is 6.33. The van der Waals surface area contributed by atoms with Gasteiger partial charge in [-0.3, -0.25) is 0 Å². The molecule has 1 aliphatic rings. The molecule has 1 aromatic rings. The smallest absolute Gasteiger partial charge is 0.161 e. The number of hydrogen-bond donors (Lipinski definition) is 1. The molecule has 0 radical (unpaired) electrons. The van der Waals surface area contributed by atoms with Crippen LogP contribution in [0.4, 0.5) is 0 Å². The average molecular weight is 292 g/mol. The van der Waals surface area contributed by atoms with Gasteiger partial charge >= 0.3 is 0 Å². The van der Waals surface area contributed by atoms with Gasteiger partial charge in [-0.2, -0.15) is 0 Å². The van der Waals surface area contributed by atoms with Crippen LogP contribution in [0.15, 0.2) is 18.2 Å². The van der Waals surface area contributed by atoms with Gasteiger partial charge in [0.05, 0.1) is 14.2 Å². The molecule has 4 nitrogen and oxygen atoms in total. The number of benzene rings is 1. The lowest BCUT2D eigenvalue weighted by atomic mass is 10.0. The van der Waals surface area contributed by atoms with Crippen molar-refractivity contribution in [1.82, 2.24) is 10.2 Å². The Morgan fingerprint density at radius 2 is 1.81 bits per heavy atom. The number of ether oxygens (including phenoxy) is 2. The predicted octanol–water partition coefficient (Wildman–Crippen LogP) is 2.84. The Bertz CT molecular complexity index is 431. The van der Waals surface area contributed by atoms with Crippen LogP contribution in [0, 0.1) is 0 Å². The quantitative estimate of drug-likeness (QED) is 0.838. The van der Waals surface area contributed by atoms with Crippen molar-refractivity contribution in [3.05, 3.63) is 23.8 Å². The van der Waals surface area contributed by atoms with Crippen molar-refractivity contribution >= 4 is 0 Å². The second kappa shape index (κ2) is 8.25. The summed E-state index contributed by atoms with van der Waals surface area (Å²) in [5, 5.41) is 3.60. The molecule has 1 heterocycles. The maximum Gasteiger partial charge on any atom is 0.161 e. The molecule has 0 amide bonds. The van der Waals surface area contributed by atoms with E-state index in [1.165, 1.54) is 37.9 Å². The highest BCUT2D eigenvalue weighted by atomic mass is 16.5. The van der Waals surface area contributed by atoms with E-state index in [2.05, 4.69) is 29.3 Å². The molecule has 1 aromatic carbocycles. The van der Waals surface area contributed by atoms with E-state index in [-0.39, 0.29) is 0 Å². The molecule has 0 bridgehead atoms. The molecule has 1 N–H and O–H groups in total. The SMILES string of the molecule is CCNC(CN1CCCCC1)c1ccc(OC)c(OC)c1. The lowest BCUT2D eigenvalue weighted by molar-refractivity contribution is 0.206. The number of piperidine rings is 1. The minimum atomic E-state index is 0.341. The molecular formula is C17H28N2O2. The van der Waals surface area contributed by atoms with Crippen LogP contribution < -0.4 is 14.8 Å². The van der Waals surface area contributed by atoms with Crippen molar-refractivity contribution in [3.8, 4) is 11.5 Å². The van der Waals surface area contributed by atoms with Crippen LogP contribution in [0.1, 0.15) is 37.8 Å². The van der Waals surface area contributed by atoms with E-state index in [4.69, 9.17) is 9.47 Å². The Morgan fingerprint density at radius 1 is 1.10 bits per heavy atom. The third kappa shape index (κ3) is 4.35. The Balaban J connectivity index is 2.12. The first-order valence-electron chi connectivity index (χ1n) is 7.96. The molecule has 0 spiro atoms. The second-order valence-electron chi connectivity index (χ2n) is 5.59. The molecule has 2 rings (SSSR count). The zero-order valence-electron chi connectivity index (χ0n) is 13.5. The first kappa shape index (κ1) is 16.1. The molecular weight excluding hydrogens is 264 g/mol. The molecule has 1 unspecified atom stereocenters. The summed E-state index contributed by atoms with van der Waals surface area (Å²) >= 11 is 0. The van der Waals surface area contributed by atoms with Crippen molar-refractivity contribution in [3.63, 3.8) is 0 Å². The van der Waals surface area contributed by atoms with Crippen molar-refractivity contribution < 1.29 is 9.47 Å². The van der Waals surface area contributed by atoms with Gasteiger partial charge in [-0.15, -0.1) is 0 Å². The van der Waals surface area contributed by atoms with Gasteiger partial charge in [0.15, 0.2) is 11.5 Å². The number of nitrogens with zero attached hydrogens (tertiary/aromatic N) is 1. The number of methoxy groups -OCH3 is 2. The molecule has 1 aliphatic heterocycles. The third-order valence-electron chi connectivity index (χ3n) is 4.15. The molecule has 0 aromatic heterocycles. The van der Waals surface area contributed by atoms with E-state index in [0.29, 0.717) is 6.04 Å². The van der Waals surface area contributed by atoms with E-state index >= 15 is 0 Å². The Morgan fingerprint density at radius 3 is 2.43 bits per heavy atom. The maximum atomic E-state index is 5.43. The number of hydrogen-bond acceptors (Lipinski definition) is 4. The zero-order valence-corrected chi connectivity index (χ0v) is 13.5. The van der Waals surface area contributed by atoms with Crippen LogP contribution in [-0.2, 0) is 0 Å². The third-order valence-corrected chi connectivity index (χ3v) is 4.15. The Labute approximate surface area is 128 Å². The van der Waals surface area contributed by atoms with Crippen LogP contribution in [0.5, 0.6) is 11.5 Å². The molecule has 21 heavy (non-hydrogen) atoms. The normalized spacial score (nSPS) is 17.5. The summed E-state index contributed by atoms with van der Waals surface area (Å²) < 4.78 is 10.8. The maximum absolute atomic E-state index is 5.43. The van der Waals surface area contributed by atoms with Crippen molar-refractivity contribution in [2.75, 3.05) is 40.4 Å². The minimum Gasteiger partial charge on any atom is -0.493 e. The van der Waals surface area contributed by atoms with E-state index in [1.807, 2.05) is 6.07 Å². The fraction of sp³-hybridized carbons (Fsp3) is 0.647. The lowest BCUT2D eigenvalue weighted by Crippen LogP contribution is -2.38. The topological polar surface area (TPSA) is 33.7 Å². The lowest BCUT2D eigenvalue weighted by Gasteiger charge is -2.31. The highest BCUT2D eigenvalue weighted by Crippen LogP contribution is 2.30. The first-order valence-corrected chi connectivity index (χ1v) is 7.96. The van der Waals surface area contributed by atoms with E-state index in [0.717, 1.165) is 24.6 Å². The summed E-state index contributed by atoms with van der Waals surface area (Å²) in [6.07, 6.45) is 4.02. The monoisotopic (exact) mass is 292 g/mol. The van der Waals surface area contributed by atoms with Gasteiger partial charge in [0, 0.05) is 12.6 Å². The summed E-state index contributed by atoms with van der Waals surface area (Å²) in [7, 11) is 3.36. The Hall–Kier alpha value is -1.26. The summed E-state index contributed by atoms with van der Waals surface area (Å²) in [6, 6.07) is 6.57. The van der Waals surface area contributed by atoms with Gasteiger partial charge < -0.3 is 19.7 Å². The molecule has 1 atom stereocenters. The van der Waals surface area contributed by atoms with Gasteiger partial charge in [-0.1, -0.05) is 19.4 Å². The zero-order chi connectivity index (χ0) is 15.1. The van der Waals surface area contributed by atoms with Gasteiger partial charge in [-0.05, 0) is 50.2 Å². The highest BCUT2D eigenvalue weighted by Gasteiger charge is 2.18. The van der Waals surface area contributed by atoms with Gasteiger partial charge in [0.2, 0.25) is 0 Å². The van der Waals surface area contributed by atoms with Crippen LogP contribution in [-0.4, -0.2) is 45.3 Å². The van der Waals surface area contributed by atoms with Crippen molar-refractivity contribution in [2.24, 2.45) is 0 Å². The van der Waals surface area contributed by atoms with Crippen LogP contribution in [0.25, 0.3) is 0 Å². The molecule has 118 valence electrons. The van der Waals surface area contributed by atoms with Crippen LogP contribution >= 0.6 is 0 Å². The summed E-state index contributed by atoms with van der Waals surface area (Å²) in [5.41, 5.74) is 1.26. The summed E-state index contributed by atoms with van der Waals surface area (Å²) in [5.74, 6) is 1.59.